The fourth-order valence-corrected chi connectivity index (χ4v) is 2.42. The van der Waals surface area contributed by atoms with E-state index in [1.807, 2.05) is 30.3 Å². The number of nitriles is 2. The highest BCUT2D eigenvalue weighted by molar-refractivity contribution is 6.32. The maximum atomic E-state index is 9.17. The number of imidazole rings is 1. The minimum Gasteiger partial charge on any atom is -0.317 e. The number of nitrogens with zero attached hydrogens (tertiary/aromatic N) is 5. The van der Waals surface area contributed by atoms with E-state index < -0.39 is 0 Å². The molecule has 3 rings (SSSR count). The molecule has 100 valence electrons. The van der Waals surface area contributed by atoms with Gasteiger partial charge in [0, 0.05) is 22.2 Å². The summed E-state index contributed by atoms with van der Waals surface area (Å²) in [5.74, 6) is 0. The molecule has 0 aliphatic carbocycles. The van der Waals surface area contributed by atoms with Crippen LogP contribution in [0.1, 0.15) is 17.0 Å². The van der Waals surface area contributed by atoms with E-state index in [9.17, 15) is 0 Å². The van der Waals surface area contributed by atoms with Gasteiger partial charge in [0.1, 0.15) is 12.1 Å². The third kappa shape index (κ3) is 2.20. The largest absolute Gasteiger partial charge is 0.317 e. The van der Waals surface area contributed by atoms with E-state index >= 15 is 0 Å². The van der Waals surface area contributed by atoms with Crippen molar-refractivity contribution >= 4 is 22.5 Å². The van der Waals surface area contributed by atoms with Gasteiger partial charge < -0.3 is 4.57 Å². The number of benzene rings is 1. The molecule has 2 heterocycles. The second-order valence-corrected chi connectivity index (χ2v) is 4.80. The molecular formula is C15H8ClN5. The van der Waals surface area contributed by atoms with Crippen molar-refractivity contribution in [3.8, 4) is 12.1 Å². The molecule has 0 saturated heterocycles. The average molecular weight is 294 g/mol. The molecule has 0 amide bonds. The molecule has 0 bridgehead atoms. The van der Waals surface area contributed by atoms with E-state index in [1.54, 1.807) is 16.8 Å². The second kappa shape index (κ2) is 5.24. The van der Waals surface area contributed by atoms with E-state index in [-0.39, 0.29) is 11.4 Å². The van der Waals surface area contributed by atoms with Crippen LogP contribution in [0.5, 0.6) is 0 Å². The molecule has 0 aliphatic rings. The Bertz CT molecular complexity index is 914. The van der Waals surface area contributed by atoms with Gasteiger partial charge in [-0.3, -0.25) is 4.98 Å². The topological polar surface area (TPSA) is 78.3 Å². The molecule has 0 unspecified atom stereocenters. The molecule has 1 aromatic carbocycles. The summed E-state index contributed by atoms with van der Waals surface area (Å²) in [7, 11) is 0. The third-order valence-electron chi connectivity index (χ3n) is 3.20. The lowest BCUT2D eigenvalue weighted by molar-refractivity contribution is 0.789. The molecular weight excluding hydrogens is 286 g/mol. The molecule has 21 heavy (non-hydrogen) atoms. The summed E-state index contributed by atoms with van der Waals surface area (Å²) >= 11 is 6.27. The Morgan fingerprint density at radius 3 is 2.76 bits per heavy atom. The zero-order chi connectivity index (χ0) is 14.8. The monoisotopic (exact) mass is 293 g/mol. The number of hydrogen-bond donors (Lipinski definition) is 0. The highest BCUT2D eigenvalue weighted by atomic mass is 35.5. The van der Waals surface area contributed by atoms with Crippen molar-refractivity contribution < 1.29 is 0 Å². The van der Waals surface area contributed by atoms with Crippen LogP contribution in [0.2, 0.25) is 5.02 Å². The predicted octanol–water partition coefficient (Wildman–Crippen LogP) is 2.88. The lowest BCUT2D eigenvalue weighted by Gasteiger charge is -2.09. The van der Waals surface area contributed by atoms with Gasteiger partial charge >= 0.3 is 0 Å². The van der Waals surface area contributed by atoms with Gasteiger partial charge in [-0.05, 0) is 12.1 Å². The highest BCUT2D eigenvalue weighted by Crippen LogP contribution is 2.26. The van der Waals surface area contributed by atoms with Crippen LogP contribution >= 0.6 is 11.6 Å². The molecule has 3 aromatic rings. The van der Waals surface area contributed by atoms with Gasteiger partial charge in [0.15, 0.2) is 11.4 Å². The molecule has 0 atom stereocenters. The number of fused-ring (bicyclic) bond motifs is 1. The van der Waals surface area contributed by atoms with Crippen molar-refractivity contribution in [2.45, 2.75) is 6.54 Å². The Labute approximate surface area is 125 Å². The first-order chi connectivity index (χ1) is 10.2. The second-order valence-electron chi connectivity index (χ2n) is 4.39. The minimum atomic E-state index is 0.113. The van der Waals surface area contributed by atoms with Crippen molar-refractivity contribution in [2.75, 3.05) is 0 Å². The lowest BCUT2D eigenvalue weighted by atomic mass is 10.1. The maximum Gasteiger partial charge on any atom is 0.176 e. The van der Waals surface area contributed by atoms with Gasteiger partial charge in [0.05, 0.1) is 18.4 Å². The molecule has 0 aliphatic heterocycles. The first-order valence-electron chi connectivity index (χ1n) is 6.12. The number of hydrogen-bond acceptors (Lipinski definition) is 4. The molecule has 0 N–H and O–H groups in total. The maximum absolute atomic E-state index is 9.17. The SMILES string of the molecule is N#Cc1ncn(Cc2c(Cl)ccc3cccnc23)c1C#N. The summed E-state index contributed by atoms with van der Waals surface area (Å²) in [6.45, 7) is 0.338. The van der Waals surface area contributed by atoms with Crippen molar-refractivity contribution in [3.63, 3.8) is 0 Å². The fraction of sp³-hybridized carbons (Fsp3) is 0.0667. The van der Waals surface area contributed by atoms with Crippen molar-refractivity contribution in [1.82, 2.24) is 14.5 Å². The van der Waals surface area contributed by atoms with Crippen LogP contribution in [0.15, 0.2) is 36.8 Å². The summed E-state index contributed by atoms with van der Waals surface area (Å²) in [5.41, 5.74) is 1.91. The van der Waals surface area contributed by atoms with Crippen LogP contribution in [0.4, 0.5) is 0 Å². The van der Waals surface area contributed by atoms with E-state index in [4.69, 9.17) is 22.1 Å². The summed E-state index contributed by atoms with van der Waals surface area (Å²) in [6, 6.07) is 11.4. The predicted molar refractivity (Wildman–Crippen MR) is 77.5 cm³/mol. The van der Waals surface area contributed by atoms with Crippen molar-refractivity contribution in [3.05, 3.63) is 58.8 Å². The number of pyridine rings is 1. The van der Waals surface area contributed by atoms with Crippen LogP contribution in [0.3, 0.4) is 0 Å². The van der Waals surface area contributed by atoms with E-state index in [0.717, 1.165) is 16.5 Å². The van der Waals surface area contributed by atoms with Gasteiger partial charge in [-0.25, -0.2) is 4.98 Å². The zero-order valence-corrected chi connectivity index (χ0v) is 11.5. The molecule has 0 saturated carbocycles. The molecule has 0 radical (unpaired) electrons. The van der Waals surface area contributed by atoms with Crippen LogP contribution < -0.4 is 0 Å². The molecule has 6 heteroatoms. The molecule has 2 aromatic heterocycles. The summed E-state index contributed by atoms with van der Waals surface area (Å²) < 4.78 is 1.61. The first kappa shape index (κ1) is 13.1. The number of halogens is 1. The van der Waals surface area contributed by atoms with Crippen molar-refractivity contribution in [1.29, 1.82) is 10.5 Å². The van der Waals surface area contributed by atoms with Crippen LogP contribution in [0.25, 0.3) is 10.9 Å². The van der Waals surface area contributed by atoms with Gasteiger partial charge in [-0.1, -0.05) is 23.7 Å². The zero-order valence-electron chi connectivity index (χ0n) is 10.8. The molecule has 5 nitrogen and oxygen atoms in total. The molecule has 0 spiro atoms. The van der Waals surface area contributed by atoms with E-state index in [1.165, 1.54) is 6.33 Å². The molecule has 0 fully saturated rings. The summed E-state index contributed by atoms with van der Waals surface area (Å²) in [4.78, 5) is 8.28. The number of rotatable bonds is 2. The van der Waals surface area contributed by atoms with Gasteiger partial charge in [-0.15, -0.1) is 0 Å². The quantitative estimate of drug-likeness (QED) is 0.728. The van der Waals surface area contributed by atoms with E-state index in [2.05, 4.69) is 9.97 Å². The van der Waals surface area contributed by atoms with Crippen molar-refractivity contribution in [2.24, 2.45) is 0 Å². The lowest BCUT2D eigenvalue weighted by Crippen LogP contribution is -2.03. The standard InChI is InChI=1S/C15H8ClN5/c16-12-4-3-10-2-1-5-19-15(10)11(12)8-21-9-20-13(6-17)14(21)7-18/h1-5,9H,8H2. The number of aromatic nitrogens is 3. The van der Waals surface area contributed by atoms with E-state index in [0.29, 0.717) is 11.6 Å². The third-order valence-corrected chi connectivity index (χ3v) is 3.55. The first-order valence-corrected chi connectivity index (χ1v) is 6.50. The Morgan fingerprint density at radius 1 is 1.14 bits per heavy atom. The Morgan fingerprint density at radius 2 is 2.00 bits per heavy atom. The Balaban J connectivity index is 2.15. The highest BCUT2D eigenvalue weighted by Gasteiger charge is 2.13. The Kier molecular flexibility index (Phi) is 3.27. The smallest absolute Gasteiger partial charge is 0.176 e. The van der Waals surface area contributed by atoms with Gasteiger partial charge in [0.2, 0.25) is 0 Å². The van der Waals surface area contributed by atoms with Crippen LogP contribution in [0, 0.1) is 22.7 Å². The summed E-state index contributed by atoms with van der Waals surface area (Å²) in [5, 5.41) is 19.6. The van der Waals surface area contributed by atoms with Crippen LogP contribution in [-0.2, 0) is 6.54 Å². The van der Waals surface area contributed by atoms with Crippen LogP contribution in [-0.4, -0.2) is 14.5 Å². The Hall–Kier alpha value is -2.89. The average Bonchev–Trinajstić information content (AvgIpc) is 2.92. The fourth-order valence-electron chi connectivity index (χ4n) is 2.20. The minimum absolute atomic E-state index is 0.113. The summed E-state index contributed by atoms with van der Waals surface area (Å²) in [6.07, 6.45) is 3.16. The van der Waals surface area contributed by atoms with Gasteiger partial charge in [0.25, 0.3) is 0 Å². The van der Waals surface area contributed by atoms with Gasteiger partial charge in [-0.2, -0.15) is 10.5 Å². The normalized spacial score (nSPS) is 10.2.